The molecule has 0 unspecified atom stereocenters. The lowest BCUT2D eigenvalue weighted by Crippen LogP contribution is -2.27. The van der Waals surface area contributed by atoms with E-state index < -0.39 is 17.8 Å². The largest absolute Gasteiger partial charge is 0.417 e. The van der Waals surface area contributed by atoms with Crippen LogP contribution in [0.4, 0.5) is 13.2 Å². The van der Waals surface area contributed by atoms with Gasteiger partial charge in [-0.15, -0.1) is 0 Å². The maximum absolute atomic E-state index is 12.9. The number of halogens is 3. The summed E-state index contributed by atoms with van der Waals surface area (Å²) < 4.78 is 40.6. The molecule has 1 aromatic carbocycles. The molecular weight excluding hydrogens is 355 g/mol. The van der Waals surface area contributed by atoms with E-state index in [1.54, 1.807) is 13.0 Å². The SMILES string of the molecule is Cc1c(C)n(C)c2ccc(C(=O)N[C@@H](C)c3cncc(C(F)(F)F)c3)cc12. The second-order valence-corrected chi connectivity index (χ2v) is 6.70. The first kappa shape index (κ1) is 18.9. The third kappa shape index (κ3) is 3.54. The highest BCUT2D eigenvalue weighted by Crippen LogP contribution is 2.30. The minimum atomic E-state index is -4.47. The number of carbonyl (C=O) groups is 1. The molecule has 0 spiro atoms. The Morgan fingerprint density at radius 3 is 2.56 bits per heavy atom. The smallest absolute Gasteiger partial charge is 0.348 e. The van der Waals surface area contributed by atoms with Gasteiger partial charge in [0.1, 0.15) is 0 Å². The fourth-order valence-electron chi connectivity index (χ4n) is 3.11. The molecule has 0 saturated heterocycles. The summed E-state index contributed by atoms with van der Waals surface area (Å²) in [7, 11) is 1.97. The molecule has 0 saturated carbocycles. The zero-order chi connectivity index (χ0) is 19.9. The molecule has 0 aliphatic heterocycles. The number of pyridine rings is 1. The number of hydrogen-bond donors (Lipinski definition) is 1. The highest BCUT2D eigenvalue weighted by atomic mass is 19.4. The zero-order valence-corrected chi connectivity index (χ0v) is 15.5. The molecule has 2 aromatic heterocycles. The fraction of sp³-hybridized carbons (Fsp3) is 0.300. The van der Waals surface area contributed by atoms with Gasteiger partial charge in [0.2, 0.25) is 0 Å². The number of nitrogens with zero attached hydrogens (tertiary/aromatic N) is 2. The fourth-order valence-corrected chi connectivity index (χ4v) is 3.11. The highest BCUT2D eigenvalue weighted by molar-refractivity contribution is 5.99. The van der Waals surface area contributed by atoms with Crippen molar-refractivity contribution in [2.45, 2.75) is 33.0 Å². The second-order valence-electron chi connectivity index (χ2n) is 6.70. The molecule has 27 heavy (non-hydrogen) atoms. The van der Waals surface area contributed by atoms with Crippen LogP contribution < -0.4 is 5.32 Å². The van der Waals surface area contributed by atoms with Crippen molar-refractivity contribution in [3.63, 3.8) is 0 Å². The Labute approximate surface area is 155 Å². The van der Waals surface area contributed by atoms with Crippen LogP contribution in [-0.2, 0) is 13.2 Å². The molecule has 0 fully saturated rings. The summed E-state index contributed by atoms with van der Waals surface area (Å²) in [6.07, 6.45) is -2.37. The lowest BCUT2D eigenvalue weighted by atomic mass is 10.1. The molecule has 4 nitrogen and oxygen atoms in total. The maximum atomic E-state index is 12.9. The quantitative estimate of drug-likeness (QED) is 0.721. The summed E-state index contributed by atoms with van der Waals surface area (Å²) in [5.41, 5.74) is 3.16. The van der Waals surface area contributed by atoms with E-state index in [1.807, 2.05) is 33.0 Å². The predicted molar refractivity (Wildman–Crippen MR) is 97.5 cm³/mol. The molecule has 1 N–H and O–H groups in total. The summed E-state index contributed by atoms with van der Waals surface area (Å²) >= 11 is 0. The summed E-state index contributed by atoms with van der Waals surface area (Å²) in [6.45, 7) is 5.64. The molecule has 7 heteroatoms. The van der Waals surface area contributed by atoms with Crippen molar-refractivity contribution in [1.82, 2.24) is 14.9 Å². The van der Waals surface area contributed by atoms with E-state index in [0.717, 1.165) is 34.4 Å². The molecule has 0 radical (unpaired) electrons. The Morgan fingerprint density at radius 2 is 1.89 bits per heavy atom. The number of amides is 1. The maximum Gasteiger partial charge on any atom is 0.417 e. The standard InChI is InChI=1S/C20H20F3N3O/c1-11-13(3)26(4)18-6-5-14(8-17(11)18)19(27)25-12(2)15-7-16(10-24-9-15)20(21,22)23/h5-10,12H,1-4H3,(H,25,27)/t12-/m0/s1. The number of fused-ring (bicyclic) bond motifs is 1. The monoisotopic (exact) mass is 375 g/mol. The predicted octanol–water partition coefficient (Wildman–Crippen LogP) is 4.70. The van der Waals surface area contributed by atoms with Gasteiger partial charge in [-0.3, -0.25) is 9.78 Å². The average Bonchev–Trinajstić information content (AvgIpc) is 2.85. The van der Waals surface area contributed by atoms with Crippen LogP contribution in [-0.4, -0.2) is 15.5 Å². The van der Waals surface area contributed by atoms with Gasteiger partial charge in [0.15, 0.2) is 0 Å². The van der Waals surface area contributed by atoms with Crippen LogP contribution in [0.1, 0.15) is 45.7 Å². The van der Waals surface area contributed by atoms with Crippen molar-refractivity contribution < 1.29 is 18.0 Å². The third-order valence-corrected chi connectivity index (χ3v) is 5.00. The summed E-state index contributed by atoms with van der Waals surface area (Å²) in [4.78, 5) is 16.2. The van der Waals surface area contributed by atoms with Crippen LogP contribution in [0.5, 0.6) is 0 Å². The summed E-state index contributed by atoms with van der Waals surface area (Å²) in [5.74, 6) is -0.345. The van der Waals surface area contributed by atoms with Crippen molar-refractivity contribution in [3.05, 3.63) is 64.6 Å². The normalized spacial score (nSPS) is 13.0. The number of aryl methyl sites for hydroxylation is 2. The Kier molecular flexibility index (Phi) is 4.71. The number of rotatable bonds is 3. The molecule has 0 bridgehead atoms. The number of hydrogen-bond acceptors (Lipinski definition) is 2. The van der Waals surface area contributed by atoms with Gasteiger partial charge in [0, 0.05) is 41.6 Å². The van der Waals surface area contributed by atoms with E-state index in [0.29, 0.717) is 11.1 Å². The van der Waals surface area contributed by atoms with Crippen LogP contribution >= 0.6 is 0 Å². The Morgan fingerprint density at radius 1 is 1.19 bits per heavy atom. The molecule has 2 heterocycles. The van der Waals surface area contributed by atoms with Gasteiger partial charge in [-0.2, -0.15) is 13.2 Å². The molecule has 3 aromatic rings. The highest BCUT2D eigenvalue weighted by Gasteiger charge is 2.31. The number of benzene rings is 1. The van der Waals surface area contributed by atoms with Gasteiger partial charge in [0.25, 0.3) is 5.91 Å². The van der Waals surface area contributed by atoms with Gasteiger partial charge >= 0.3 is 6.18 Å². The molecular formula is C20H20F3N3O. The third-order valence-electron chi connectivity index (χ3n) is 5.00. The lowest BCUT2D eigenvalue weighted by Gasteiger charge is -2.16. The van der Waals surface area contributed by atoms with Gasteiger partial charge in [0.05, 0.1) is 11.6 Å². The van der Waals surface area contributed by atoms with E-state index in [4.69, 9.17) is 0 Å². The number of nitrogens with one attached hydrogen (secondary N) is 1. The zero-order valence-electron chi connectivity index (χ0n) is 15.5. The van der Waals surface area contributed by atoms with Crippen molar-refractivity contribution >= 4 is 16.8 Å². The van der Waals surface area contributed by atoms with Crippen molar-refractivity contribution in [2.24, 2.45) is 7.05 Å². The van der Waals surface area contributed by atoms with Gasteiger partial charge in [-0.05, 0) is 56.2 Å². The van der Waals surface area contributed by atoms with Crippen LogP contribution in [0.25, 0.3) is 10.9 Å². The van der Waals surface area contributed by atoms with Crippen LogP contribution in [0, 0.1) is 13.8 Å². The Hall–Kier alpha value is -2.83. The van der Waals surface area contributed by atoms with Crippen molar-refractivity contribution in [3.8, 4) is 0 Å². The Balaban J connectivity index is 1.85. The first-order valence-electron chi connectivity index (χ1n) is 8.48. The number of aromatic nitrogens is 2. The first-order valence-corrected chi connectivity index (χ1v) is 8.48. The minimum Gasteiger partial charge on any atom is -0.348 e. The van der Waals surface area contributed by atoms with Crippen molar-refractivity contribution in [2.75, 3.05) is 0 Å². The van der Waals surface area contributed by atoms with Crippen molar-refractivity contribution in [1.29, 1.82) is 0 Å². The van der Waals surface area contributed by atoms with E-state index in [1.165, 1.54) is 6.20 Å². The summed E-state index contributed by atoms with van der Waals surface area (Å²) in [5, 5.41) is 3.73. The van der Waals surface area contributed by atoms with E-state index >= 15 is 0 Å². The summed E-state index contributed by atoms with van der Waals surface area (Å²) in [6, 6.07) is 5.80. The van der Waals surface area contributed by atoms with Crippen LogP contribution in [0.2, 0.25) is 0 Å². The Bertz CT molecular complexity index is 1020. The molecule has 0 aliphatic rings. The molecule has 142 valence electrons. The minimum absolute atomic E-state index is 0.297. The number of carbonyl (C=O) groups excluding carboxylic acids is 1. The van der Waals surface area contributed by atoms with Gasteiger partial charge < -0.3 is 9.88 Å². The van der Waals surface area contributed by atoms with E-state index in [9.17, 15) is 18.0 Å². The molecule has 3 rings (SSSR count). The van der Waals surface area contributed by atoms with E-state index in [-0.39, 0.29) is 5.91 Å². The topological polar surface area (TPSA) is 46.9 Å². The molecule has 1 amide bonds. The molecule has 0 aliphatic carbocycles. The van der Waals surface area contributed by atoms with Crippen LogP contribution in [0.15, 0.2) is 36.7 Å². The van der Waals surface area contributed by atoms with Crippen LogP contribution in [0.3, 0.4) is 0 Å². The van der Waals surface area contributed by atoms with Gasteiger partial charge in [-0.25, -0.2) is 0 Å². The molecule has 1 atom stereocenters. The lowest BCUT2D eigenvalue weighted by molar-refractivity contribution is -0.137. The van der Waals surface area contributed by atoms with Gasteiger partial charge in [-0.1, -0.05) is 0 Å². The number of alkyl halides is 3. The second kappa shape index (κ2) is 6.72. The first-order chi connectivity index (χ1) is 12.6. The van der Waals surface area contributed by atoms with E-state index in [2.05, 4.69) is 14.9 Å². The average molecular weight is 375 g/mol.